The number of ether oxygens (including phenoxy) is 1. The van der Waals surface area contributed by atoms with Crippen LogP contribution < -0.4 is 4.74 Å². The van der Waals surface area contributed by atoms with Crippen molar-refractivity contribution in [3.8, 4) is 5.88 Å². The van der Waals surface area contributed by atoms with Crippen LogP contribution >= 0.6 is 0 Å². The number of para-hydroxylation sites is 1. The summed E-state index contributed by atoms with van der Waals surface area (Å²) < 4.78 is 5.73. The monoisotopic (exact) mass is 339 g/mol. The molecule has 1 aromatic carbocycles. The number of aromatic nitrogens is 2. The summed E-state index contributed by atoms with van der Waals surface area (Å²) in [6, 6.07) is 7.69. The molecule has 0 N–H and O–H groups in total. The molecule has 5 heteroatoms. The molecule has 1 aliphatic heterocycles. The van der Waals surface area contributed by atoms with Gasteiger partial charge in [0.15, 0.2) is 6.61 Å². The van der Waals surface area contributed by atoms with Crippen LogP contribution in [0.3, 0.4) is 0 Å². The Morgan fingerprint density at radius 3 is 2.80 bits per heavy atom. The van der Waals surface area contributed by atoms with Gasteiger partial charge >= 0.3 is 0 Å². The lowest BCUT2D eigenvalue weighted by Gasteiger charge is -2.27. The molecule has 0 unspecified atom stereocenters. The molecule has 2 aliphatic rings. The Bertz CT molecular complexity index is 737. The second kappa shape index (κ2) is 7.38. The minimum absolute atomic E-state index is 0.0540. The standard InChI is InChI=1S/C20H25N3O2/c24-19(23-11-10-16(12-23)15-6-2-1-3-7-15)13-25-20-17-8-4-5-9-18(17)21-14-22-20/h4-5,8-9,14-16H,1-3,6-7,10-13H2/t16-/m0/s1. The second-order valence-electron chi connectivity index (χ2n) is 7.27. The summed E-state index contributed by atoms with van der Waals surface area (Å²) in [7, 11) is 0. The van der Waals surface area contributed by atoms with E-state index in [2.05, 4.69) is 9.97 Å². The molecule has 1 aliphatic carbocycles. The van der Waals surface area contributed by atoms with Crippen molar-refractivity contribution in [1.82, 2.24) is 14.9 Å². The van der Waals surface area contributed by atoms with Gasteiger partial charge in [0.25, 0.3) is 5.91 Å². The molecule has 1 atom stereocenters. The molecule has 0 radical (unpaired) electrons. The van der Waals surface area contributed by atoms with Crippen molar-refractivity contribution in [2.75, 3.05) is 19.7 Å². The van der Waals surface area contributed by atoms with Crippen molar-refractivity contribution < 1.29 is 9.53 Å². The number of benzene rings is 1. The SMILES string of the molecule is O=C(COc1ncnc2ccccc12)N1CC[C@H](C2CCCCC2)C1. The first-order chi connectivity index (χ1) is 12.3. The highest BCUT2D eigenvalue weighted by atomic mass is 16.5. The molecule has 0 bridgehead atoms. The van der Waals surface area contributed by atoms with Crippen molar-refractivity contribution in [2.24, 2.45) is 11.8 Å². The van der Waals surface area contributed by atoms with Crippen LogP contribution in [0.2, 0.25) is 0 Å². The van der Waals surface area contributed by atoms with Crippen LogP contribution in [0, 0.1) is 11.8 Å². The van der Waals surface area contributed by atoms with E-state index in [-0.39, 0.29) is 12.5 Å². The molecule has 25 heavy (non-hydrogen) atoms. The first kappa shape index (κ1) is 16.3. The van der Waals surface area contributed by atoms with E-state index in [4.69, 9.17) is 4.74 Å². The number of rotatable bonds is 4. The maximum Gasteiger partial charge on any atom is 0.260 e. The third-order valence-corrected chi connectivity index (χ3v) is 5.73. The third kappa shape index (κ3) is 3.60. The lowest BCUT2D eigenvalue weighted by atomic mass is 9.80. The Morgan fingerprint density at radius 2 is 1.92 bits per heavy atom. The molecule has 2 aromatic rings. The zero-order chi connectivity index (χ0) is 17.1. The Kier molecular flexibility index (Phi) is 4.81. The molecule has 2 fully saturated rings. The van der Waals surface area contributed by atoms with Gasteiger partial charge in [0.05, 0.1) is 10.9 Å². The summed E-state index contributed by atoms with van der Waals surface area (Å²) in [5.41, 5.74) is 0.832. The van der Waals surface area contributed by atoms with Gasteiger partial charge in [-0.05, 0) is 30.4 Å². The van der Waals surface area contributed by atoms with Gasteiger partial charge in [-0.25, -0.2) is 9.97 Å². The Morgan fingerprint density at radius 1 is 1.08 bits per heavy atom. The maximum absolute atomic E-state index is 12.5. The molecule has 132 valence electrons. The van der Waals surface area contributed by atoms with E-state index < -0.39 is 0 Å². The predicted octanol–water partition coefficient (Wildman–Crippen LogP) is 3.44. The predicted molar refractivity (Wildman–Crippen MR) is 96.3 cm³/mol. The summed E-state index contributed by atoms with van der Waals surface area (Å²) in [6.45, 7) is 1.82. The fraction of sp³-hybridized carbons (Fsp3) is 0.550. The normalized spacial score (nSPS) is 21.6. The van der Waals surface area contributed by atoms with Gasteiger partial charge in [-0.2, -0.15) is 0 Å². The zero-order valence-corrected chi connectivity index (χ0v) is 14.6. The largest absolute Gasteiger partial charge is 0.467 e. The van der Waals surface area contributed by atoms with Crippen molar-refractivity contribution in [1.29, 1.82) is 0 Å². The minimum atomic E-state index is 0.0540. The average Bonchev–Trinajstić information content (AvgIpc) is 3.17. The summed E-state index contributed by atoms with van der Waals surface area (Å²) in [4.78, 5) is 22.9. The number of carbonyl (C=O) groups is 1. The quantitative estimate of drug-likeness (QED) is 0.856. The molecule has 1 aromatic heterocycles. The molecule has 4 rings (SSSR count). The number of hydrogen-bond acceptors (Lipinski definition) is 4. The number of fused-ring (bicyclic) bond motifs is 1. The van der Waals surface area contributed by atoms with Gasteiger partial charge in [0.2, 0.25) is 5.88 Å². The number of likely N-dealkylation sites (tertiary alicyclic amines) is 1. The Hall–Kier alpha value is -2.17. The van der Waals surface area contributed by atoms with Crippen LogP contribution in [0.25, 0.3) is 10.9 Å². The van der Waals surface area contributed by atoms with Gasteiger partial charge in [-0.3, -0.25) is 4.79 Å². The maximum atomic E-state index is 12.5. The van der Waals surface area contributed by atoms with E-state index >= 15 is 0 Å². The highest BCUT2D eigenvalue weighted by Gasteiger charge is 2.32. The van der Waals surface area contributed by atoms with Crippen molar-refractivity contribution in [3.63, 3.8) is 0 Å². The van der Waals surface area contributed by atoms with E-state index in [1.807, 2.05) is 29.2 Å². The molecule has 1 amide bonds. The third-order valence-electron chi connectivity index (χ3n) is 5.73. The van der Waals surface area contributed by atoms with Crippen LogP contribution in [0.1, 0.15) is 38.5 Å². The Balaban J connectivity index is 1.34. The van der Waals surface area contributed by atoms with Gasteiger partial charge < -0.3 is 9.64 Å². The Labute approximate surface area is 148 Å². The van der Waals surface area contributed by atoms with E-state index in [1.165, 1.54) is 38.4 Å². The summed E-state index contributed by atoms with van der Waals surface area (Å²) in [5, 5.41) is 0.847. The number of carbonyl (C=O) groups excluding carboxylic acids is 1. The fourth-order valence-corrected chi connectivity index (χ4v) is 4.32. The molecule has 1 saturated heterocycles. The van der Waals surface area contributed by atoms with Gasteiger partial charge in [0.1, 0.15) is 6.33 Å². The van der Waals surface area contributed by atoms with E-state index in [1.54, 1.807) is 0 Å². The minimum Gasteiger partial charge on any atom is -0.467 e. The topological polar surface area (TPSA) is 55.3 Å². The van der Waals surface area contributed by atoms with Crippen LogP contribution in [0.5, 0.6) is 5.88 Å². The molecule has 0 spiro atoms. The number of hydrogen-bond donors (Lipinski definition) is 0. The van der Waals surface area contributed by atoms with Gasteiger partial charge in [-0.15, -0.1) is 0 Å². The average molecular weight is 339 g/mol. The lowest BCUT2D eigenvalue weighted by Crippen LogP contribution is -2.34. The van der Waals surface area contributed by atoms with E-state index in [0.717, 1.165) is 36.3 Å². The summed E-state index contributed by atoms with van der Waals surface area (Å²) in [6.07, 6.45) is 9.42. The molecule has 2 heterocycles. The van der Waals surface area contributed by atoms with Gasteiger partial charge in [0, 0.05) is 13.1 Å². The zero-order valence-electron chi connectivity index (χ0n) is 14.6. The van der Waals surface area contributed by atoms with E-state index in [0.29, 0.717) is 11.8 Å². The molecule has 5 nitrogen and oxygen atoms in total. The smallest absolute Gasteiger partial charge is 0.260 e. The van der Waals surface area contributed by atoms with Crippen molar-refractivity contribution in [3.05, 3.63) is 30.6 Å². The molecular formula is C20H25N3O2. The number of nitrogens with zero attached hydrogens (tertiary/aromatic N) is 3. The highest BCUT2D eigenvalue weighted by molar-refractivity contribution is 5.84. The first-order valence-corrected chi connectivity index (χ1v) is 9.41. The summed E-state index contributed by atoms with van der Waals surface area (Å²) in [5.74, 6) is 2.06. The van der Waals surface area contributed by atoms with Crippen molar-refractivity contribution in [2.45, 2.75) is 38.5 Å². The van der Waals surface area contributed by atoms with E-state index in [9.17, 15) is 4.79 Å². The lowest BCUT2D eigenvalue weighted by molar-refractivity contribution is -0.132. The molecule has 1 saturated carbocycles. The highest BCUT2D eigenvalue weighted by Crippen LogP contribution is 2.35. The second-order valence-corrected chi connectivity index (χ2v) is 7.27. The fourth-order valence-electron chi connectivity index (χ4n) is 4.32. The number of amides is 1. The van der Waals surface area contributed by atoms with Crippen LogP contribution in [0.4, 0.5) is 0 Å². The van der Waals surface area contributed by atoms with Crippen molar-refractivity contribution >= 4 is 16.8 Å². The van der Waals surface area contributed by atoms with Gasteiger partial charge in [-0.1, -0.05) is 44.2 Å². The van der Waals surface area contributed by atoms with Crippen LogP contribution in [0.15, 0.2) is 30.6 Å². The molecular weight excluding hydrogens is 314 g/mol. The van der Waals surface area contributed by atoms with Crippen LogP contribution in [-0.2, 0) is 4.79 Å². The first-order valence-electron chi connectivity index (χ1n) is 9.41. The van der Waals surface area contributed by atoms with Crippen LogP contribution in [-0.4, -0.2) is 40.5 Å². The summed E-state index contributed by atoms with van der Waals surface area (Å²) >= 11 is 0.